The van der Waals surface area contributed by atoms with Crippen LogP contribution in [0.15, 0.2) is 36.4 Å². The Kier molecular flexibility index (Phi) is 6.60. The molecule has 5 nitrogen and oxygen atoms in total. The van der Waals surface area contributed by atoms with Crippen molar-refractivity contribution in [2.75, 3.05) is 24.5 Å². The first kappa shape index (κ1) is 20.8. The van der Waals surface area contributed by atoms with Gasteiger partial charge in [0.25, 0.3) is 0 Å². The van der Waals surface area contributed by atoms with E-state index in [0.29, 0.717) is 11.9 Å². The lowest BCUT2D eigenvalue weighted by atomic mass is 9.90. The standard InChI is InChI=1S/C24H31FN4O/c1-2-29(21-6-4-3-5-7-21)24(30)19-14-16-28(17-15-19)23-13-12-22(26-27-23)18-8-10-20(25)11-9-18/h8-13,19,21H,2-7,14-17H2,1H3. The third-order valence-corrected chi connectivity index (χ3v) is 6.60. The number of nitrogens with zero attached hydrogens (tertiary/aromatic N) is 4. The molecule has 0 spiro atoms. The minimum absolute atomic E-state index is 0.120. The van der Waals surface area contributed by atoms with Gasteiger partial charge in [0.2, 0.25) is 5.91 Å². The average molecular weight is 411 g/mol. The number of piperidine rings is 1. The third-order valence-electron chi connectivity index (χ3n) is 6.60. The highest BCUT2D eigenvalue weighted by atomic mass is 19.1. The SMILES string of the molecule is CCN(C(=O)C1CCN(c2ccc(-c3ccc(F)cc3)nn2)CC1)C1CCCCC1. The Morgan fingerprint density at radius 1 is 1.00 bits per heavy atom. The van der Waals surface area contributed by atoms with Crippen molar-refractivity contribution in [2.45, 2.75) is 57.9 Å². The number of halogens is 1. The fourth-order valence-electron chi connectivity index (χ4n) is 4.85. The Morgan fingerprint density at radius 2 is 1.70 bits per heavy atom. The summed E-state index contributed by atoms with van der Waals surface area (Å²) in [7, 11) is 0. The lowest BCUT2D eigenvalue weighted by Crippen LogP contribution is -2.47. The molecule has 0 bridgehead atoms. The Morgan fingerprint density at radius 3 is 2.30 bits per heavy atom. The summed E-state index contributed by atoms with van der Waals surface area (Å²) in [6.45, 7) is 4.58. The Hall–Kier alpha value is -2.50. The molecule has 1 amide bonds. The third kappa shape index (κ3) is 4.63. The summed E-state index contributed by atoms with van der Waals surface area (Å²) in [6.07, 6.45) is 7.86. The number of benzene rings is 1. The first-order chi connectivity index (χ1) is 14.7. The second-order valence-corrected chi connectivity index (χ2v) is 8.46. The maximum Gasteiger partial charge on any atom is 0.226 e. The molecular weight excluding hydrogens is 379 g/mol. The van der Waals surface area contributed by atoms with Crippen molar-refractivity contribution in [2.24, 2.45) is 5.92 Å². The van der Waals surface area contributed by atoms with Gasteiger partial charge in [0.1, 0.15) is 5.82 Å². The fourth-order valence-corrected chi connectivity index (χ4v) is 4.85. The molecule has 0 atom stereocenters. The first-order valence-electron chi connectivity index (χ1n) is 11.3. The van der Waals surface area contributed by atoms with Gasteiger partial charge in [-0.2, -0.15) is 0 Å². The lowest BCUT2D eigenvalue weighted by molar-refractivity contribution is -0.139. The van der Waals surface area contributed by atoms with Crippen LogP contribution >= 0.6 is 0 Å². The molecule has 1 aliphatic carbocycles. The number of amides is 1. The largest absolute Gasteiger partial charge is 0.355 e. The number of carbonyl (C=O) groups excluding carboxylic acids is 1. The minimum atomic E-state index is -0.258. The summed E-state index contributed by atoms with van der Waals surface area (Å²) >= 11 is 0. The zero-order valence-electron chi connectivity index (χ0n) is 17.8. The Labute approximate surface area is 178 Å². The van der Waals surface area contributed by atoms with Gasteiger partial charge in [-0.1, -0.05) is 19.3 Å². The van der Waals surface area contributed by atoms with Crippen LogP contribution in [0.1, 0.15) is 51.9 Å². The minimum Gasteiger partial charge on any atom is -0.355 e. The number of hydrogen-bond acceptors (Lipinski definition) is 4. The van der Waals surface area contributed by atoms with Gasteiger partial charge in [-0.25, -0.2) is 4.39 Å². The van der Waals surface area contributed by atoms with Crippen LogP contribution in [-0.4, -0.2) is 46.7 Å². The summed E-state index contributed by atoms with van der Waals surface area (Å²) in [5.74, 6) is 1.05. The van der Waals surface area contributed by atoms with E-state index in [2.05, 4.69) is 26.9 Å². The molecule has 2 heterocycles. The molecule has 2 fully saturated rings. The monoisotopic (exact) mass is 410 g/mol. The molecule has 2 aromatic rings. The molecule has 0 radical (unpaired) electrons. The number of hydrogen-bond donors (Lipinski definition) is 0. The van der Waals surface area contributed by atoms with E-state index in [1.807, 2.05) is 12.1 Å². The first-order valence-corrected chi connectivity index (χ1v) is 11.3. The fraction of sp³-hybridized carbons (Fsp3) is 0.542. The van der Waals surface area contributed by atoms with Gasteiger partial charge in [-0.05, 0) is 69.0 Å². The average Bonchev–Trinajstić information content (AvgIpc) is 2.81. The van der Waals surface area contributed by atoms with Crippen LogP contribution in [-0.2, 0) is 4.79 Å². The molecule has 4 rings (SSSR count). The molecule has 160 valence electrons. The van der Waals surface area contributed by atoms with Crippen LogP contribution in [0.5, 0.6) is 0 Å². The van der Waals surface area contributed by atoms with Gasteiger partial charge in [0.15, 0.2) is 5.82 Å². The topological polar surface area (TPSA) is 49.3 Å². The van der Waals surface area contributed by atoms with Crippen LogP contribution in [0.25, 0.3) is 11.3 Å². The molecule has 1 aromatic carbocycles. The molecule has 6 heteroatoms. The van der Waals surface area contributed by atoms with Gasteiger partial charge in [-0.15, -0.1) is 10.2 Å². The van der Waals surface area contributed by atoms with Crippen LogP contribution in [0.3, 0.4) is 0 Å². The van der Waals surface area contributed by atoms with E-state index in [0.717, 1.165) is 62.4 Å². The number of aromatic nitrogens is 2. The van der Waals surface area contributed by atoms with E-state index in [1.54, 1.807) is 12.1 Å². The highest BCUT2D eigenvalue weighted by Gasteiger charge is 2.32. The molecular formula is C24H31FN4O. The van der Waals surface area contributed by atoms with Crippen molar-refractivity contribution in [3.63, 3.8) is 0 Å². The lowest BCUT2D eigenvalue weighted by Gasteiger charge is -2.38. The highest BCUT2D eigenvalue weighted by Crippen LogP contribution is 2.28. The van der Waals surface area contributed by atoms with Crippen molar-refractivity contribution < 1.29 is 9.18 Å². The van der Waals surface area contributed by atoms with Gasteiger partial charge < -0.3 is 9.80 Å². The van der Waals surface area contributed by atoms with Crippen molar-refractivity contribution in [3.8, 4) is 11.3 Å². The molecule has 0 unspecified atom stereocenters. The summed E-state index contributed by atoms with van der Waals surface area (Å²) in [5.41, 5.74) is 1.58. The van der Waals surface area contributed by atoms with E-state index in [1.165, 1.54) is 31.4 Å². The number of carbonyl (C=O) groups is 1. The summed E-state index contributed by atoms with van der Waals surface area (Å²) < 4.78 is 13.1. The van der Waals surface area contributed by atoms with Crippen molar-refractivity contribution in [1.82, 2.24) is 15.1 Å². The predicted octanol–water partition coefficient (Wildman–Crippen LogP) is 4.68. The molecule has 1 saturated heterocycles. The highest BCUT2D eigenvalue weighted by molar-refractivity contribution is 5.79. The number of anilines is 1. The van der Waals surface area contributed by atoms with Crippen molar-refractivity contribution in [1.29, 1.82) is 0 Å². The van der Waals surface area contributed by atoms with Gasteiger partial charge in [0, 0.05) is 37.2 Å². The molecule has 1 aromatic heterocycles. The van der Waals surface area contributed by atoms with E-state index in [9.17, 15) is 9.18 Å². The molecule has 1 aliphatic heterocycles. The van der Waals surface area contributed by atoms with Crippen molar-refractivity contribution >= 4 is 11.7 Å². The van der Waals surface area contributed by atoms with Gasteiger partial charge >= 0.3 is 0 Å². The molecule has 30 heavy (non-hydrogen) atoms. The molecule has 0 N–H and O–H groups in total. The maximum atomic E-state index is 13.1. The Bertz CT molecular complexity index is 825. The summed E-state index contributed by atoms with van der Waals surface area (Å²) in [4.78, 5) is 17.5. The molecule has 1 saturated carbocycles. The Balaban J connectivity index is 1.34. The van der Waals surface area contributed by atoms with Crippen LogP contribution in [0.4, 0.5) is 10.2 Å². The van der Waals surface area contributed by atoms with Crippen LogP contribution < -0.4 is 4.90 Å². The maximum absolute atomic E-state index is 13.1. The zero-order valence-corrected chi connectivity index (χ0v) is 17.8. The van der Waals surface area contributed by atoms with Crippen LogP contribution in [0.2, 0.25) is 0 Å². The smallest absolute Gasteiger partial charge is 0.226 e. The second kappa shape index (κ2) is 9.54. The second-order valence-electron chi connectivity index (χ2n) is 8.46. The van der Waals surface area contributed by atoms with E-state index >= 15 is 0 Å². The molecule has 2 aliphatic rings. The van der Waals surface area contributed by atoms with E-state index < -0.39 is 0 Å². The summed E-state index contributed by atoms with van der Waals surface area (Å²) in [5, 5.41) is 8.70. The normalized spacial score (nSPS) is 18.4. The van der Waals surface area contributed by atoms with Gasteiger partial charge in [0.05, 0.1) is 5.69 Å². The number of rotatable bonds is 5. The van der Waals surface area contributed by atoms with E-state index in [-0.39, 0.29) is 11.7 Å². The van der Waals surface area contributed by atoms with E-state index in [4.69, 9.17) is 0 Å². The zero-order chi connectivity index (χ0) is 20.9. The van der Waals surface area contributed by atoms with Gasteiger partial charge in [-0.3, -0.25) is 4.79 Å². The predicted molar refractivity (Wildman–Crippen MR) is 117 cm³/mol. The van der Waals surface area contributed by atoms with Crippen LogP contribution in [0, 0.1) is 11.7 Å². The van der Waals surface area contributed by atoms with Crippen molar-refractivity contribution in [3.05, 3.63) is 42.2 Å². The summed E-state index contributed by atoms with van der Waals surface area (Å²) in [6, 6.07) is 10.6. The quantitative estimate of drug-likeness (QED) is 0.718.